The molecule has 0 aliphatic heterocycles. The smallest absolute Gasteiger partial charge is 0.313 e. The van der Waals surface area contributed by atoms with Crippen LogP contribution in [0.1, 0.15) is 25.6 Å². The lowest BCUT2D eigenvalue weighted by molar-refractivity contribution is -0.133. The Bertz CT molecular complexity index is 897. The number of hydrogen-bond acceptors (Lipinski definition) is 6. The summed E-state index contributed by atoms with van der Waals surface area (Å²) in [6.07, 6.45) is 5.44. The van der Waals surface area contributed by atoms with E-state index in [1.54, 1.807) is 12.4 Å². The third-order valence-corrected chi connectivity index (χ3v) is 5.02. The Morgan fingerprint density at radius 1 is 1.31 bits per heavy atom. The summed E-state index contributed by atoms with van der Waals surface area (Å²) in [5.41, 5.74) is 3.51. The number of carboxylic acids is 1. The molecule has 0 unspecified atom stereocenters. The maximum Gasteiger partial charge on any atom is 0.313 e. The van der Waals surface area contributed by atoms with Gasteiger partial charge in [0.25, 0.3) is 0 Å². The van der Waals surface area contributed by atoms with Crippen LogP contribution in [-0.4, -0.2) is 48.7 Å². The molecule has 8 heteroatoms. The first kappa shape index (κ1) is 18.6. The zero-order chi connectivity index (χ0) is 18.4. The molecule has 3 heterocycles. The standard InChI is InChI=1S/C18H22N4O3S/c1-2-25-11-15-21-14-10-20-13-6-5-7-19-17(13)18(14)22(15)8-3-4-9-26-12-16(23)24/h5-7,10H,2-4,8-9,11-12H2,1H3,(H,23,24). The molecule has 3 aromatic heterocycles. The van der Waals surface area contributed by atoms with Gasteiger partial charge >= 0.3 is 5.97 Å². The number of thioether (sulfide) groups is 1. The molecule has 0 bridgehead atoms. The first-order chi connectivity index (χ1) is 12.7. The third-order valence-electron chi connectivity index (χ3n) is 3.99. The molecule has 3 rings (SSSR count). The number of imidazole rings is 1. The zero-order valence-corrected chi connectivity index (χ0v) is 15.5. The van der Waals surface area contributed by atoms with E-state index in [4.69, 9.17) is 14.8 Å². The predicted molar refractivity (Wildman–Crippen MR) is 102 cm³/mol. The molecule has 1 N–H and O–H groups in total. The van der Waals surface area contributed by atoms with E-state index in [1.165, 1.54) is 11.8 Å². The number of pyridine rings is 2. The SMILES string of the molecule is CCOCc1nc2cnc3cccnc3c2n1CCCCSCC(=O)O. The molecule has 0 radical (unpaired) electrons. The summed E-state index contributed by atoms with van der Waals surface area (Å²) in [4.78, 5) is 24.2. The minimum Gasteiger partial charge on any atom is -0.481 e. The summed E-state index contributed by atoms with van der Waals surface area (Å²) >= 11 is 1.45. The lowest BCUT2D eigenvalue weighted by atomic mass is 10.2. The average molecular weight is 374 g/mol. The number of carboxylic acid groups (broad SMARTS) is 1. The molecule has 0 fully saturated rings. The normalized spacial score (nSPS) is 11.4. The number of aliphatic carboxylic acids is 1. The predicted octanol–water partition coefficient (Wildman–Crippen LogP) is 3.11. The van der Waals surface area contributed by atoms with Gasteiger partial charge in [0.1, 0.15) is 23.5 Å². The number of rotatable bonds is 10. The molecule has 0 amide bonds. The second kappa shape index (κ2) is 8.95. The van der Waals surface area contributed by atoms with Crippen LogP contribution in [0, 0.1) is 0 Å². The van der Waals surface area contributed by atoms with Crippen LogP contribution in [-0.2, 0) is 22.7 Å². The van der Waals surface area contributed by atoms with Gasteiger partial charge in [0, 0.05) is 19.3 Å². The fourth-order valence-electron chi connectivity index (χ4n) is 2.85. The Morgan fingerprint density at radius 3 is 3.00 bits per heavy atom. The fourth-order valence-corrected chi connectivity index (χ4v) is 3.58. The summed E-state index contributed by atoms with van der Waals surface area (Å²) in [6, 6.07) is 3.83. The van der Waals surface area contributed by atoms with Gasteiger partial charge in [0.05, 0.1) is 23.0 Å². The molecular formula is C18H22N4O3S. The molecule has 26 heavy (non-hydrogen) atoms. The molecule has 0 aromatic carbocycles. The van der Waals surface area contributed by atoms with E-state index in [1.807, 2.05) is 19.1 Å². The Kier molecular flexibility index (Phi) is 6.40. The highest BCUT2D eigenvalue weighted by Gasteiger charge is 2.15. The van der Waals surface area contributed by atoms with E-state index in [0.717, 1.165) is 53.0 Å². The Balaban J connectivity index is 1.82. The van der Waals surface area contributed by atoms with Crippen molar-refractivity contribution in [2.45, 2.75) is 32.9 Å². The number of aromatic nitrogens is 4. The second-order valence-electron chi connectivity index (χ2n) is 5.83. The molecule has 0 atom stereocenters. The van der Waals surface area contributed by atoms with Crippen LogP contribution in [0.3, 0.4) is 0 Å². The van der Waals surface area contributed by atoms with E-state index >= 15 is 0 Å². The maximum absolute atomic E-state index is 10.6. The minimum atomic E-state index is -0.764. The van der Waals surface area contributed by atoms with Crippen molar-refractivity contribution in [1.82, 2.24) is 19.5 Å². The number of aryl methyl sites for hydroxylation is 1. The lowest BCUT2D eigenvalue weighted by Crippen LogP contribution is -2.07. The van der Waals surface area contributed by atoms with Crippen molar-refractivity contribution in [3.05, 3.63) is 30.4 Å². The second-order valence-corrected chi connectivity index (χ2v) is 6.94. The van der Waals surface area contributed by atoms with Crippen LogP contribution in [0.15, 0.2) is 24.5 Å². The third kappa shape index (κ3) is 4.31. The highest BCUT2D eigenvalue weighted by Crippen LogP contribution is 2.24. The highest BCUT2D eigenvalue weighted by atomic mass is 32.2. The molecule has 3 aromatic rings. The van der Waals surface area contributed by atoms with Crippen LogP contribution >= 0.6 is 11.8 Å². The van der Waals surface area contributed by atoms with Crippen LogP contribution < -0.4 is 0 Å². The largest absolute Gasteiger partial charge is 0.481 e. The number of fused-ring (bicyclic) bond motifs is 3. The van der Waals surface area contributed by atoms with Gasteiger partial charge in [-0.15, -0.1) is 0 Å². The van der Waals surface area contributed by atoms with E-state index < -0.39 is 5.97 Å². The van der Waals surface area contributed by atoms with Crippen LogP contribution in [0.2, 0.25) is 0 Å². The Labute approximate surface area is 155 Å². The van der Waals surface area contributed by atoms with E-state index in [2.05, 4.69) is 14.5 Å². The van der Waals surface area contributed by atoms with Gasteiger partial charge in [-0.2, -0.15) is 11.8 Å². The van der Waals surface area contributed by atoms with Crippen molar-refractivity contribution >= 4 is 39.8 Å². The van der Waals surface area contributed by atoms with Gasteiger partial charge in [-0.3, -0.25) is 14.8 Å². The van der Waals surface area contributed by atoms with Crippen molar-refractivity contribution in [2.75, 3.05) is 18.1 Å². The zero-order valence-electron chi connectivity index (χ0n) is 14.7. The van der Waals surface area contributed by atoms with Crippen molar-refractivity contribution < 1.29 is 14.6 Å². The topological polar surface area (TPSA) is 90.1 Å². The number of nitrogens with zero attached hydrogens (tertiary/aromatic N) is 4. The molecule has 0 saturated carbocycles. The van der Waals surface area contributed by atoms with Crippen LogP contribution in [0.4, 0.5) is 0 Å². The van der Waals surface area contributed by atoms with Gasteiger partial charge < -0.3 is 14.4 Å². The molecule has 138 valence electrons. The number of carbonyl (C=O) groups is 1. The van der Waals surface area contributed by atoms with E-state index in [9.17, 15) is 4.79 Å². The molecule has 0 aliphatic rings. The number of unbranched alkanes of at least 4 members (excludes halogenated alkanes) is 1. The Hall–Kier alpha value is -2.19. The molecule has 0 aliphatic carbocycles. The lowest BCUT2D eigenvalue weighted by Gasteiger charge is -2.10. The summed E-state index contributed by atoms with van der Waals surface area (Å²) in [7, 11) is 0. The maximum atomic E-state index is 10.6. The van der Waals surface area contributed by atoms with E-state index in [-0.39, 0.29) is 5.75 Å². The number of hydrogen-bond donors (Lipinski definition) is 1. The first-order valence-corrected chi connectivity index (χ1v) is 9.82. The van der Waals surface area contributed by atoms with Crippen molar-refractivity contribution in [3.63, 3.8) is 0 Å². The van der Waals surface area contributed by atoms with Crippen LogP contribution in [0.5, 0.6) is 0 Å². The van der Waals surface area contributed by atoms with E-state index in [0.29, 0.717) is 13.2 Å². The van der Waals surface area contributed by atoms with Gasteiger partial charge in [-0.05, 0) is 37.7 Å². The molecule has 0 saturated heterocycles. The summed E-state index contributed by atoms with van der Waals surface area (Å²) in [5.74, 6) is 1.10. The fraction of sp³-hybridized carbons (Fsp3) is 0.444. The first-order valence-electron chi connectivity index (χ1n) is 8.66. The average Bonchev–Trinajstić information content (AvgIpc) is 3.00. The van der Waals surface area contributed by atoms with Gasteiger partial charge in [-0.25, -0.2) is 4.98 Å². The molecular weight excluding hydrogens is 352 g/mol. The summed E-state index contributed by atoms with van der Waals surface area (Å²) in [6.45, 7) is 3.84. The summed E-state index contributed by atoms with van der Waals surface area (Å²) < 4.78 is 7.75. The number of ether oxygens (including phenoxy) is 1. The minimum absolute atomic E-state index is 0.157. The van der Waals surface area contributed by atoms with Crippen molar-refractivity contribution in [1.29, 1.82) is 0 Å². The summed E-state index contributed by atoms with van der Waals surface area (Å²) in [5, 5.41) is 8.70. The van der Waals surface area contributed by atoms with Gasteiger partial charge in [-0.1, -0.05) is 0 Å². The highest BCUT2D eigenvalue weighted by molar-refractivity contribution is 7.99. The Morgan fingerprint density at radius 2 is 2.19 bits per heavy atom. The van der Waals surface area contributed by atoms with Gasteiger partial charge in [0.2, 0.25) is 0 Å². The molecule has 0 spiro atoms. The van der Waals surface area contributed by atoms with Crippen molar-refractivity contribution in [3.8, 4) is 0 Å². The van der Waals surface area contributed by atoms with Crippen LogP contribution in [0.25, 0.3) is 22.1 Å². The molecule has 7 nitrogen and oxygen atoms in total. The quantitative estimate of drug-likeness (QED) is 0.545. The van der Waals surface area contributed by atoms with Gasteiger partial charge in [0.15, 0.2) is 0 Å². The van der Waals surface area contributed by atoms with Crippen molar-refractivity contribution in [2.24, 2.45) is 0 Å². The monoisotopic (exact) mass is 374 g/mol.